The second kappa shape index (κ2) is 4.80. The molecule has 0 unspecified atom stereocenters. The van der Waals surface area contributed by atoms with E-state index in [1.54, 1.807) is 6.20 Å². The van der Waals surface area contributed by atoms with Crippen molar-refractivity contribution in [3.8, 4) is 17.2 Å². The maximum absolute atomic E-state index is 9.20. The molecule has 2 aromatic rings. The Labute approximate surface area is 102 Å². The van der Waals surface area contributed by atoms with Gasteiger partial charge in [0.25, 0.3) is 0 Å². The van der Waals surface area contributed by atoms with Crippen molar-refractivity contribution < 1.29 is 0 Å². The van der Waals surface area contributed by atoms with E-state index in [0.717, 1.165) is 28.8 Å². The smallest absolute Gasteiger partial charge is 0.0998 e. The Morgan fingerprint density at radius 1 is 1.24 bits per heavy atom. The zero-order valence-corrected chi connectivity index (χ0v) is 10.1. The average Bonchev–Trinajstić information content (AvgIpc) is 2.38. The van der Waals surface area contributed by atoms with E-state index in [4.69, 9.17) is 0 Å². The molecule has 0 aliphatic heterocycles. The molecule has 0 atom stereocenters. The number of nitrogens with zero attached hydrogens (tertiary/aromatic N) is 2. The molecular formula is C15H14N2. The first kappa shape index (κ1) is 11.3. The van der Waals surface area contributed by atoms with Crippen molar-refractivity contribution in [1.29, 1.82) is 5.26 Å². The van der Waals surface area contributed by atoms with Gasteiger partial charge < -0.3 is 0 Å². The zero-order chi connectivity index (χ0) is 12.3. The number of aryl methyl sites for hydroxylation is 2. The molecule has 0 radical (unpaired) electrons. The monoisotopic (exact) mass is 222 g/mol. The Kier molecular flexibility index (Phi) is 3.20. The minimum Gasteiger partial charge on any atom is -0.262 e. The minimum atomic E-state index is 0.731. The molecule has 0 spiro atoms. The second-order valence-corrected chi connectivity index (χ2v) is 4.03. The van der Waals surface area contributed by atoms with Gasteiger partial charge in [0.05, 0.1) is 11.6 Å². The van der Waals surface area contributed by atoms with Crippen molar-refractivity contribution in [2.24, 2.45) is 0 Å². The summed E-state index contributed by atoms with van der Waals surface area (Å²) in [6.45, 7) is 4.04. The minimum absolute atomic E-state index is 0.731. The van der Waals surface area contributed by atoms with Crippen LogP contribution in [-0.2, 0) is 6.42 Å². The molecule has 0 N–H and O–H groups in total. The van der Waals surface area contributed by atoms with E-state index in [2.05, 4.69) is 24.0 Å². The van der Waals surface area contributed by atoms with Crippen LogP contribution in [0.15, 0.2) is 36.5 Å². The lowest BCUT2D eigenvalue weighted by atomic mass is 9.98. The molecule has 17 heavy (non-hydrogen) atoms. The Bertz CT molecular complexity index is 580. The first-order valence-electron chi connectivity index (χ1n) is 5.70. The fourth-order valence-corrected chi connectivity index (χ4v) is 1.87. The number of aromatic nitrogens is 1. The largest absolute Gasteiger partial charge is 0.262 e. The molecule has 2 heteroatoms. The second-order valence-electron chi connectivity index (χ2n) is 4.03. The average molecular weight is 222 g/mol. The fraction of sp³-hybridized carbons (Fsp3) is 0.200. The van der Waals surface area contributed by atoms with E-state index in [1.807, 2.05) is 31.2 Å². The maximum Gasteiger partial charge on any atom is 0.0998 e. The van der Waals surface area contributed by atoms with Gasteiger partial charge in [-0.3, -0.25) is 4.98 Å². The lowest BCUT2D eigenvalue weighted by Gasteiger charge is -2.06. The molecule has 0 amide bonds. The van der Waals surface area contributed by atoms with Crippen LogP contribution in [0.25, 0.3) is 11.1 Å². The molecule has 0 fully saturated rings. The predicted molar refractivity (Wildman–Crippen MR) is 68.5 cm³/mol. The summed E-state index contributed by atoms with van der Waals surface area (Å²) in [5.74, 6) is 0. The summed E-state index contributed by atoms with van der Waals surface area (Å²) >= 11 is 0. The van der Waals surface area contributed by atoms with E-state index in [9.17, 15) is 5.26 Å². The van der Waals surface area contributed by atoms with Gasteiger partial charge in [0.1, 0.15) is 0 Å². The molecule has 1 aromatic heterocycles. The van der Waals surface area contributed by atoms with Crippen molar-refractivity contribution in [2.75, 3.05) is 0 Å². The zero-order valence-electron chi connectivity index (χ0n) is 10.1. The molecule has 0 saturated carbocycles. The van der Waals surface area contributed by atoms with Gasteiger partial charge in [0, 0.05) is 11.9 Å². The van der Waals surface area contributed by atoms with Gasteiger partial charge in [-0.2, -0.15) is 5.26 Å². The van der Waals surface area contributed by atoms with Crippen LogP contribution in [0.2, 0.25) is 0 Å². The predicted octanol–water partition coefficient (Wildman–Crippen LogP) is 3.49. The van der Waals surface area contributed by atoms with Gasteiger partial charge in [-0.15, -0.1) is 0 Å². The van der Waals surface area contributed by atoms with Crippen molar-refractivity contribution in [2.45, 2.75) is 20.3 Å². The van der Waals surface area contributed by atoms with Crippen molar-refractivity contribution in [3.05, 3.63) is 53.3 Å². The van der Waals surface area contributed by atoms with Crippen LogP contribution >= 0.6 is 0 Å². The summed E-state index contributed by atoms with van der Waals surface area (Å²) in [4.78, 5) is 4.17. The molecule has 0 aliphatic carbocycles. The van der Waals surface area contributed by atoms with E-state index in [-0.39, 0.29) is 0 Å². The van der Waals surface area contributed by atoms with E-state index >= 15 is 0 Å². The lowest BCUT2D eigenvalue weighted by molar-refractivity contribution is 1.14. The SMILES string of the molecule is CCc1ccc(-c2ccnc(C)c2)c(C#N)c1. The van der Waals surface area contributed by atoms with E-state index in [0.29, 0.717) is 0 Å². The summed E-state index contributed by atoms with van der Waals surface area (Å²) in [5.41, 5.74) is 4.92. The quantitative estimate of drug-likeness (QED) is 0.779. The molecule has 0 saturated heterocycles. The molecule has 0 bridgehead atoms. The lowest BCUT2D eigenvalue weighted by Crippen LogP contribution is -1.89. The van der Waals surface area contributed by atoms with Gasteiger partial charge >= 0.3 is 0 Å². The molecule has 2 nitrogen and oxygen atoms in total. The topological polar surface area (TPSA) is 36.7 Å². The standard InChI is InChI=1S/C15H14N2/c1-3-12-4-5-15(14(9-12)10-16)13-6-7-17-11(2)8-13/h4-9H,3H2,1-2H3. The van der Waals surface area contributed by atoms with Crippen LogP contribution in [0.4, 0.5) is 0 Å². The first-order valence-corrected chi connectivity index (χ1v) is 5.70. The highest BCUT2D eigenvalue weighted by Gasteiger charge is 2.05. The van der Waals surface area contributed by atoms with E-state index < -0.39 is 0 Å². The van der Waals surface area contributed by atoms with Crippen molar-refractivity contribution in [3.63, 3.8) is 0 Å². The van der Waals surface area contributed by atoms with Crippen molar-refractivity contribution >= 4 is 0 Å². The molecular weight excluding hydrogens is 208 g/mol. The Balaban J connectivity index is 2.56. The molecule has 84 valence electrons. The van der Waals surface area contributed by atoms with Crippen LogP contribution in [0, 0.1) is 18.3 Å². The molecule has 2 rings (SSSR count). The normalized spacial score (nSPS) is 9.94. The van der Waals surface area contributed by atoms with Crippen LogP contribution in [0.5, 0.6) is 0 Å². The summed E-state index contributed by atoms with van der Waals surface area (Å²) in [6.07, 6.45) is 2.73. The van der Waals surface area contributed by atoms with Crippen LogP contribution < -0.4 is 0 Å². The number of pyridine rings is 1. The Morgan fingerprint density at radius 2 is 2.06 bits per heavy atom. The van der Waals surface area contributed by atoms with Gasteiger partial charge in [0.15, 0.2) is 0 Å². The Morgan fingerprint density at radius 3 is 2.71 bits per heavy atom. The third-order valence-corrected chi connectivity index (χ3v) is 2.82. The van der Waals surface area contributed by atoms with Crippen LogP contribution in [-0.4, -0.2) is 4.98 Å². The highest BCUT2D eigenvalue weighted by Crippen LogP contribution is 2.24. The van der Waals surface area contributed by atoms with Crippen molar-refractivity contribution in [1.82, 2.24) is 4.98 Å². The highest BCUT2D eigenvalue weighted by atomic mass is 14.6. The first-order chi connectivity index (χ1) is 8.24. The number of hydrogen-bond donors (Lipinski definition) is 0. The van der Waals surface area contributed by atoms with Crippen LogP contribution in [0.1, 0.15) is 23.7 Å². The van der Waals surface area contributed by atoms with Gasteiger partial charge in [0.2, 0.25) is 0 Å². The number of rotatable bonds is 2. The molecule has 0 aliphatic rings. The molecule has 1 heterocycles. The highest BCUT2D eigenvalue weighted by molar-refractivity contribution is 5.70. The maximum atomic E-state index is 9.20. The summed E-state index contributed by atoms with van der Waals surface area (Å²) < 4.78 is 0. The molecule has 1 aromatic carbocycles. The third-order valence-electron chi connectivity index (χ3n) is 2.82. The van der Waals surface area contributed by atoms with E-state index in [1.165, 1.54) is 5.56 Å². The summed E-state index contributed by atoms with van der Waals surface area (Å²) in [7, 11) is 0. The number of nitriles is 1. The number of hydrogen-bond acceptors (Lipinski definition) is 2. The van der Waals surface area contributed by atoms with Gasteiger partial charge in [-0.25, -0.2) is 0 Å². The van der Waals surface area contributed by atoms with Crippen LogP contribution in [0.3, 0.4) is 0 Å². The van der Waals surface area contributed by atoms with Gasteiger partial charge in [-0.05, 0) is 48.2 Å². The summed E-state index contributed by atoms with van der Waals surface area (Å²) in [5, 5.41) is 9.20. The summed E-state index contributed by atoms with van der Waals surface area (Å²) in [6, 6.07) is 12.3. The fourth-order valence-electron chi connectivity index (χ4n) is 1.87. The Hall–Kier alpha value is -2.14. The van der Waals surface area contributed by atoms with Gasteiger partial charge in [-0.1, -0.05) is 19.1 Å². The number of benzene rings is 1. The third kappa shape index (κ3) is 2.34.